The number of benzene rings is 2. The average Bonchev–Trinajstić information content (AvgIpc) is 2.63. The molecule has 8 heteroatoms. The van der Waals surface area contributed by atoms with Crippen LogP contribution in [0.15, 0.2) is 39.9 Å². The summed E-state index contributed by atoms with van der Waals surface area (Å²) in [5, 5.41) is 3.75. The summed E-state index contributed by atoms with van der Waals surface area (Å²) in [6.07, 6.45) is 1.46. The summed E-state index contributed by atoms with van der Waals surface area (Å²) in [7, 11) is 0. The van der Waals surface area contributed by atoms with Crippen molar-refractivity contribution >= 4 is 28.2 Å². The monoisotopic (exact) mass is 449 g/mol. The Morgan fingerprint density at radius 2 is 1.89 bits per heavy atom. The maximum atomic E-state index is 10.7. The Morgan fingerprint density at radius 3 is 2.57 bits per heavy atom. The number of primary amides is 1. The van der Waals surface area contributed by atoms with E-state index in [0.29, 0.717) is 41.4 Å². The lowest BCUT2D eigenvalue weighted by molar-refractivity contribution is 0.207. The second kappa shape index (κ2) is 10.6. The standard InChI is InChI=1S/C20H24BrN3O4/c1-4-26-18-11-15(12-23-24-20(22)25)10-17(21)19(18)28-8-7-27-16-6-5-13(2)14(3)9-16/h5-6,9-12H,4,7-8H2,1-3H3,(H3,22,24,25). The van der Waals surface area contributed by atoms with Crippen molar-refractivity contribution in [3.05, 3.63) is 51.5 Å². The van der Waals surface area contributed by atoms with E-state index in [1.54, 1.807) is 12.1 Å². The molecule has 2 aromatic carbocycles. The number of halogens is 1. The van der Waals surface area contributed by atoms with Crippen LogP contribution in [0.5, 0.6) is 17.2 Å². The fraction of sp³-hybridized carbons (Fsp3) is 0.300. The van der Waals surface area contributed by atoms with Crippen molar-refractivity contribution in [3.63, 3.8) is 0 Å². The summed E-state index contributed by atoms with van der Waals surface area (Å²) in [5.41, 5.74) is 10.3. The van der Waals surface area contributed by atoms with E-state index in [2.05, 4.69) is 33.4 Å². The lowest BCUT2D eigenvalue weighted by Crippen LogP contribution is -2.24. The fourth-order valence-corrected chi connectivity index (χ4v) is 2.92. The quantitative estimate of drug-likeness (QED) is 0.344. The number of urea groups is 1. The van der Waals surface area contributed by atoms with Gasteiger partial charge in [-0.15, -0.1) is 0 Å². The summed E-state index contributed by atoms with van der Waals surface area (Å²) in [5.74, 6) is 1.94. The smallest absolute Gasteiger partial charge is 0.332 e. The normalized spacial score (nSPS) is 10.7. The molecule has 0 bridgehead atoms. The molecule has 0 saturated heterocycles. The average molecular weight is 450 g/mol. The Balaban J connectivity index is 2.01. The van der Waals surface area contributed by atoms with Gasteiger partial charge in [0.05, 0.1) is 17.3 Å². The van der Waals surface area contributed by atoms with Gasteiger partial charge in [-0.3, -0.25) is 0 Å². The molecule has 0 spiro atoms. The van der Waals surface area contributed by atoms with Crippen LogP contribution in [-0.4, -0.2) is 32.1 Å². The summed E-state index contributed by atoms with van der Waals surface area (Å²) >= 11 is 3.48. The zero-order chi connectivity index (χ0) is 20.5. The molecule has 0 heterocycles. The SMILES string of the molecule is CCOc1cc(C=NNC(N)=O)cc(Br)c1OCCOc1ccc(C)c(C)c1. The number of rotatable bonds is 9. The zero-order valence-corrected chi connectivity index (χ0v) is 17.7. The van der Waals surface area contributed by atoms with E-state index in [-0.39, 0.29) is 0 Å². The van der Waals surface area contributed by atoms with Crippen LogP contribution < -0.4 is 25.4 Å². The second-order valence-electron chi connectivity index (χ2n) is 5.94. The number of carbonyl (C=O) groups is 1. The minimum Gasteiger partial charge on any atom is -0.490 e. The number of nitrogens with zero attached hydrogens (tertiary/aromatic N) is 1. The Kier molecular flexibility index (Phi) is 8.13. The maximum Gasteiger partial charge on any atom is 0.332 e. The summed E-state index contributed by atoms with van der Waals surface area (Å²) < 4.78 is 18.0. The van der Waals surface area contributed by atoms with Crippen molar-refractivity contribution in [2.75, 3.05) is 19.8 Å². The highest BCUT2D eigenvalue weighted by Crippen LogP contribution is 2.36. The number of ether oxygens (including phenoxy) is 3. The molecule has 0 aliphatic heterocycles. The molecule has 0 saturated carbocycles. The number of nitrogens with two attached hydrogens (primary N) is 1. The summed E-state index contributed by atoms with van der Waals surface area (Å²) in [6, 6.07) is 8.81. The topological polar surface area (TPSA) is 95.2 Å². The van der Waals surface area contributed by atoms with Crippen molar-refractivity contribution < 1.29 is 19.0 Å². The summed E-state index contributed by atoms with van der Waals surface area (Å²) in [4.78, 5) is 10.7. The van der Waals surface area contributed by atoms with Crippen LogP contribution in [-0.2, 0) is 0 Å². The molecule has 0 aromatic heterocycles. The van der Waals surface area contributed by atoms with Crippen LogP contribution >= 0.6 is 15.9 Å². The van der Waals surface area contributed by atoms with Crippen molar-refractivity contribution in [2.45, 2.75) is 20.8 Å². The Labute approximate surface area is 173 Å². The van der Waals surface area contributed by atoms with Gasteiger partial charge in [-0.05, 0) is 77.7 Å². The van der Waals surface area contributed by atoms with E-state index in [4.69, 9.17) is 19.9 Å². The highest BCUT2D eigenvalue weighted by molar-refractivity contribution is 9.10. The number of aryl methyl sites for hydroxylation is 2. The number of hydrazone groups is 1. The van der Waals surface area contributed by atoms with Gasteiger partial charge in [-0.1, -0.05) is 6.07 Å². The first kappa shape index (κ1) is 21.6. The van der Waals surface area contributed by atoms with Gasteiger partial charge >= 0.3 is 6.03 Å². The minimum absolute atomic E-state index is 0.349. The molecule has 0 aliphatic rings. The van der Waals surface area contributed by atoms with Gasteiger partial charge < -0.3 is 19.9 Å². The minimum atomic E-state index is -0.732. The third-order valence-electron chi connectivity index (χ3n) is 3.80. The van der Waals surface area contributed by atoms with Gasteiger partial charge in [0, 0.05) is 0 Å². The highest BCUT2D eigenvalue weighted by Gasteiger charge is 2.12. The third-order valence-corrected chi connectivity index (χ3v) is 4.39. The molecule has 7 nitrogen and oxygen atoms in total. The van der Waals surface area contributed by atoms with Crippen molar-refractivity contribution in [3.8, 4) is 17.2 Å². The van der Waals surface area contributed by atoms with Crippen LogP contribution in [0.4, 0.5) is 4.79 Å². The molecule has 2 aromatic rings. The second-order valence-corrected chi connectivity index (χ2v) is 6.79. The third kappa shape index (κ3) is 6.45. The Hall–Kier alpha value is -2.74. The van der Waals surface area contributed by atoms with Crippen LogP contribution in [0.1, 0.15) is 23.6 Å². The van der Waals surface area contributed by atoms with E-state index in [9.17, 15) is 4.79 Å². The molecule has 28 heavy (non-hydrogen) atoms. The van der Waals surface area contributed by atoms with Crippen LogP contribution in [0.25, 0.3) is 0 Å². The van der Waals surface area contributed by atoms with Gasteiger partial charge in [-0.25, -0.2) is 10.2 Å². The molecule has 3 N–H and O–H groups in total. The number of hydrogen-bond donors (Lipinski definition) is 2. The number of amides is 2. The van der Waals surface area contributed by atoms with E-state index >= 15 is 0 Å². The lowest BCUT2D eigenvalue weighted by atomic mass is 10.1. The van der Waals surface area contributed by atoms with Gasteiger partial charge in [0.1, 0.15) is 19.0 Å². The van der Waals surface area contributed by atoms with Gasteiger partial charge in [-0.2, -0.15) is 5.10 Å². The molecule has 0 radical (unpaired) electrons. The van der Waals surface area contributed by atoms with E-state index in [1.165, 1.54) is 17.3 Å². The van der Waals surface area contributed by atoms with Gasteiger partial charge in [0.25, 0.3) is 0 Å². The Bertz CT molecular complexity index is 856. The first-order chi connectivity index (χ1) is 13.4. The molecule has 2 rings (SSSR count). The van der Waals surface area contributed by atoms with Gasteiger partial charge in [0.15, 0.2) is 11.5 Å². The van der Waals surface area contributed by atoms with Crippen molar-refractivity contribution in [1.29, 1.82) is 0 Å². The number of hydrogen-bond acceptors (Lipinski definition) is 5. The molecule has 0 atom stereocenters. The molecular formula is C20H24BrN3O4. The molecule has 0 unspecified atom stereocenters. The molecule has 0 fully saturated rings. The van der Waals surface area contributed by atoms with Gasteiger partial charge in [0.2, 0.25) is 0 Å². The molecule has 2 amide bonds. The summed E-state index contributed by atoms with van der Waals surface area (Å²) in [6.45, 7) is 7.22. The van der Waals surface area contributed by atoms with E-state index in [1.807, 2.05) is 32.0 Å². The molecule has 150 valence electrons. The van der Waals surface area contributed by atoms with Crippen molar-refractivity contribution in [2.24, 2.45) is 10.8 Å². The molecular weight excluding hydrogens is 426 g/mol. The van der Waals surface area contributed by atoms with Crippen molar-refractivity contribution in [1.82, 2.24) is 5.43 Å². The lowest BCUT2D eigenvalue weighted by Gasteiger charge is -2.15. The highest BCUT2D eigenvalue weighted by atomic mass is 79.9. The van der Waals surface area contributed by atoms with E-state index < -0.39 is 6.03 Å². The van der Waals surface area contributed by atoms with Crippen LogP contribution in [0, 0.1) is 13.8 Å². The maximum absolute atomic E-state index is 10.7. The Morgan fingerprint density at radius 1 is 1.14 bits per heavy atom. The van der Waals surface area contributed by atoms with Crippen LogP contribution in [0.2, 0.25) is 0 Å². The molecule has 0 aliphatic carbocycles. The predicted octanol–water partition coefficient (Wildman–Crippen LogP) is 3.92. The first-order valence-electron chi connectivity index (χ1n) is 8.78. The largest absolute Gasteiger partial charge is 0.490 e. The number of nitrogens with one attached hydrogen (secondary N) is 1. The fourth-order valence-electron chi connectivity index (χ4n) is 2.34. The van der Waals surface area contributed by atoms with E-state index in [0.717, 1.165) is 5.75 Å². The zero-order valence-electron chi connectivity index (χ0n) is 16.1. The predicted molar refractivity (Wildman–Crippen MR) is 113 cm³/mol. The van der Waals surface area contributed by atoms with Crippen LogP contribution in [0.3, 0.4) is 0 Å². The first-order valence-corrected chi connectivity index (χ1v) is 9.57. The number of carbonyl (C=O) groups excluding carboxylic acids is 1.